The Morgan fingerprint density at radius 3 is 2.62 bits per heavy atom. The molecule has 1 aromatic carbocycles. The molecule has 2 aromatic rings. The fourth-order valence-corrected chi connectivity index (χ4v) is 6.01. The minimum absolute atomic E-state index is 0.0401. The Hall–Kier alpha value is -1.70. The highest BCUT2D eigenvalue weighted by Crippen LogP contribution is 2.38. The topological polar surface area (TPSA) is 63.7 Å². The van der Waals surface area contributed by atoms with E-state index in [0.717, 1.165) is 35.3 Å². The molecular weight excluding hydrogens is 346 g/mol. The number of rotatable bonds is 4. The van der Waals surface area contributed by atoms with E-state index in [2.05, 4.69) is 0 Å². The van der Waals surface area contributed by atoms with Crippen LogP contribution < -0.4 is 0 Å². The molecule has 1 atom stereocenters. The van der Waals surface area contributed by atoms with Crippen molar-refractivity contribution in [3.05, 3.63) is 51.7 Å². The first-order chi connectivity index (χ1) is 11.4. The molecular formula is C17H19NO4S2. The van der Waals surface area contributed by atoms with E-state index in [1.807, 2.05) is 31.2 Å². The van der Waals surface area contributed by atoms with Crippen LogP contribution in [0.4, 0.5) is 0 Å². The van der Waals surface area contributed by atoms with Crippen LogP contribution in [0.1, 0.15) is 39.7 Å². The molecule has 1 aliphatic rings. The van der Waals surface area contributed by atoms with Crippen molar-refractivity contribution in [2.45, 2.75) is 30.7 Å². The minimum Gasteiger partial charge on any atom is -0.465 e. The SMILES string of the molecule is COC(=O)c1sccc1S(=O)(=O)N1CCC[C@@H]1c1ccc(C)cc1. The molecule has 7 heteroatoms. The van der Waals surface area contributed by atoms with E-state index in [1.165, 1.54) is 17.5 Å². The van der Waals surface area contributed by atoms with E-state index in [4.69, 9.17) is 4.74 Å². The van der Waals surface area contributed by atoms with Crippen LogP contribution in [0.2, 0.25) is 0 Å². The lowest BCUT2D eigenvalue weighted by Crippen LogP contribution is -2.31. The Kier molecular flexibility index (Phi) is 4.76. The van der Waals surface area contributed by atoms with Gasteiger partial charge in [-0.15, -0.1) is 11.3 Å². The van der Waals surface area contributed by atoms with Gasteiger partial charge in [-0.1, -0.05) is 29.8 Å². The zero-order valence-electron chi connectivity index (χ0n) is 13.6. The molecule has 24 heavy (non-hydrogen) atoms. The maximum absolute atomic E-state index is 13.1. The number of hydrogen-bond acceptors (Lipinski definition) is 5. The van der Waals surface area contributed by atoms with Gasteiger partial charge in [0, 0.05) is 6.54 Å². The molecule has 5 nitrogen and oxygen atoms in total. The van der Waals surface area contributed by atoms with Gasteiger partial charge >= 0.3 is 5.97 Å². The van der Waals surface area contributed by atoms with Gasteiger partial charge in [0.25, 0.3) is 0 Å². The number of esters is 1. The van der Waals surface area contributed by atoms with Gasteiger partial charge in [-0.2, -0.15) is 4.31 Å². The minimum atomic E-state index is -3.75. The number of benzene rings is 1. The van der Waals surface area contributed by atoms with Crippen LogP contribution in [-0.2, 0) is 14.8 Å². The summed E-state index contributed by atoms with van der Waals surface area (Å²) >= 11 is 1.09. The molecule has 2 heterocycles. The summed E-state index contributed by atoms with van der Waals surface area (Å²) in [5.74, 6) is -0.616. The number of methoxy groups -OCH3 is 1. The first-order valence-corrected chi connectivity index (χ1v) is 10.0. The zero-order valence-corrected chi connectivity index (χ0v) is 15.2. The van der Waals surface area contributed by atoms with Crippen LogP contribution in [0.25, 0.3) is 0 Å². The third-order valence-electron chi connectivity index (χ3n) is 4.25. The van der Waals surface area contributed by atoms with Crippen molar-refractivity contribution in [2.75, 3.05) is 13.7 Å². The number of carbonyl (C=O) groups is 1. The molecule has 1 aromatic heterocycles. The molecule has 0 amide bonds. The van der Waals surface area contributed by atoms with Gasteiger partial charge in [0.15, 0.2) is 0 Å². The van der Waals surface area contributed by atoms with Gasteiger partial charge in [-0.25, -0.2) is 13.2 Å². The van der Waals surface area contributed by atoms with Crippen LogP contribution in [-0.4, -0.2) is 32.3 Å². The molecule has 1 saturated heterocycles. The molecule has 3 rings (SSSR count). The van der Waals surface area contributed by atoms with Crippen molar-refractivity contribution in [2.24, 2.45) is 0 Å². The predicted octanol–water partition coefficient (Wildman–Crippen LogP) is 3.37. The number of hydrogen-bond donors (Lipinski definition) is 0. The third-order valence-corrected chi connectivity index (χ3v) is 7.23. The van der Waals surface area contributed by atoms with Crippen LogP contribution >= 0.6 is 11.3 Å². The molecule has 1 fully saturated rings. The van der Waals surface area contributed by atoms with Crippen LogP contribution in [0.5, 0.6) is 0 Å². The quantitative estimate of drug-likeness (QED) is 0.779. The van der Waals surface area contributed by atoms with Crippen LogP contribution in [0.15, 0.2) is 40.6 Å². The molecule has 0 bridgehead atoms. The maximum Gasteiger partial charge on any atom is 0.349 e. The number of sulfonamides is 1. The normalized spacial score (nSPS) is 18.7. The summed E-state index contributed by atoms with van der Waals surface area (Å²) in [5.41, 5.74) is 2.12. The monoisotopic (exact) mass is 365 g/mol. The molecule has 0 aliphatic carbocycles. The lowest BCUT2D eigenvalue weighted by molar-refractivity contribution is 0.0602. The summed E-state index contributed by atoms with van der Waals surface area (Å²) in [6.45, 7) is 2.46. The smallest absolute Gasteiger partial charge is 0.349 e. The molecule has 128 valence electrons. The zero-order chi connectivity index (χ0) is 17.3. The van der Waals surface area contributed by atoms with Gasteiger partial charge in [0.2, 0.25) is 10.0 Å². The van der Waals surface area contributed by atoms with Gasteiger partial charge in [-0.05, 0) is 36.8 Å². The molecule has 0 saturated carbocycles. The fraction of sp³-hybridized carbons (Fsp3) is 0.353. The summed E-state index contributed by atoms with van der Waals surface area (Å²) in [6, 6.07) is 9.22. The second-order valence-electron chi connectivity index (χ2n) is 5.79. The average Bonchev–Trinajstić information content (AvgIpc) is 3.24. The molecule has 0 unspecified atom stereocenters. The summed E-state index contributed by atoms with van der Waals surface area (Å²) in [4.78, 5) is 12.0. The number of nitrogens with zero attached hydrogens (tertiary/aromatic N) is 1. The largest absolute Gasteiger partial charge is 0.465 e. The summed E-state index contributed by atoms with van der Waals surface area (Å²) in [7, 11) is -2.49. The van der Waals surface area contributed by atoms with Crippen molar-refractivity contribution >= 4 is 27.3 Å². The second-order valence-corrected chi connectivity index (χ2v) is 8.57. The van der Waals surface area contributed by atoms with E-state index in [0.29, 0.717) is 6.54 Å². The molecule has 0 spiro atoms. The molecule has 1 aliphatic heterocycles. The second kappa shape index (κ2) is 6.66. The highest BCUT2D eigenvalue weighted by Gasteiger charge is 2.38. The van der Waals surface area contributed by atoms with E-state index < -0.39 is 16.0 Å². The average molecular weight is 365 g/mol. The number of thiophene rings is 1. The van der Waals surface area contributed by atoms with Crippen molar-refractivity contribution in [3.8, 4) is 0 Å². The third kappa shape index (κ3) is 2.99. The van der Waals surface area contributed by atoms with Crippen molar-refractivity contribution < 1.29 is 17.9 Å². The summed E-state index contributed by atoms with van der Waals surface area (Å²) in [6.07, 6.45) is 1.58. The summed E-state index contributed by atoms with van der Waals surface area (Å²) in [5, 5.41) is 1.61. The van der Waals surface area contributed by atoms with E-state index in [9.17, 15) is 13.2 Å². The van der Waals surface area contributed by atoms with E-state index in [1.54, 1.807) is 5.38 Å². The first kappa shape index (κ1) is 17.1. The Balaban J connectivity index is 1.98. The van der Waals surface area contributed by atoms with Gasteiger partial charge in [0.1, 0.15) is 9.77 Å². The molecule has 0 N–H and O–H groups in total. The number of aryl methyl sites for hydroxylation is 1. The maximum atomic E-state index is 13.1. The number of ether oxygens (including phenoxy) is 1. The van der Waals surface area contributed by atoms with E-state index >= 15 is 0 Å². The summed E-state index contributed by atoms with van der Waals surface area (Å²) < 4.78 is 32.4. The first-order valence-electron chi connectivity index (χ1n) is 7.69. The Bertz CT molecular complexity index is 840. The molecule has 0 radical (unpaired) electrons. The standard InChI is InChI=1S/C17H19NO4S2/c1-12-5-7-13(8-6-12)14-4-3-10-18(14)24(20,21)15-9-11-23-16(15)17(19)22-2/h5-9,11,14H,3-4,10H2,1-2H3/t14-/m1/s1. The Labute approximate surface area is 145 Å². The lowest BCUT2D eigenvalue weighted by atomic mass is 10.0. The van der Waals surface area contributed by atoms with Crippen molar-refractivity contribution in [3.63, 3.8) is 0 Å². The van der Waals surface area contributed by atoms with Gasteiger partial charge in [-0.3, -0.25) is 0 Å². The number of carbonyl (C=O) groups excluding carboxylic acids is 1. The lowest BCUT2D eigenvalue weighted by Gasteiger charge is -2.24. The van der Waals surface area contributed by atoms with Crippen LogP contribution in [0, 0.1) is 6.92 Å². The highest BCUT2D eigenvalue weighted by atomic mass is 32.2. The fourth-order valence-electron chi connectivity index (χ4n) is 3.02. The van der Waals surface area contributed by atoms with Gasteiger partial charge in [0.05, 0.1) is 13.2 Å². The van der Waals surface area contributed by atoms with Crippen molar-refractivity contribution in [1.29, 1.82) is 0 Å². The van der Waals surface area contributed by atoms with Gasteiger partial charge < -0.3 is 4.74 Å². The van der Waals surface area contributed by atoms with Crippen molar-refractivity contribution in [1.82, 2.24) is 4.31 Å². The highest BCUT2D eigenvalue weighted by molar-refractivity contribution is 7.89. The Morgan fingerprint density at radius 1 is 1.25 bits per heavy atom. The van der Waals surface area contributed by atoms with E-state index in [-0.39, 0.29) is 15.8 Å². The van der Waals surface area contributed by atoms with Crippen LogP contribution in [0.3, 0.4) is 0 Å². The predicted molar refractivity (Wildman–Crippen MR) is 92.7 cm³/mol. The Morgan fingerprint density at radius 2 is 1.96 bits per heavy atom.